The van der Waals surface area contributed by atoms with Gasteiger partial charge in [-0.3, -0.25) is 0 Å². The molecule has 0 saturated carbocycles. The molecular formula is C14H14O4. The second-order valence-corrected chi connectivity index (χ2v) is 4.79. The zero-order valence-corrected chi connectivity index (χ0v) is 10.5. The monoisotopic (exact) mass is 246 g/mol. The normalized spacial score (nSPS) is 12.4. The van der Waals surface area contributed by atoms with Gasteiger partial charge in [0.15, 0.2) is 11.3 Å². The van der Waals surface area contributed by atoms with Crippen molar-refractivity contribution in [1.29, 1.82) is 0 Å². The molecule has 4 heteroatoms. The van der Waals surface area contributed by atoms with Gasteiger partial charge >= 0.3 is 0 Å². The van der Waals surface area contributed by atoms with Crippen molar-refractivity contribution in [3.05, 3.63) is 30.2 Å². The van der Waals surface area contributed by atoms with Crippen LogP contribution < -0.4 is 4.74 Å². The lowest BCUT2D eigenvalue weighted by Gasteiger charge is -2.19. The standard InChI is InChI=1S/C14H14O4/c1-14(2,15)10-8-4-6-18-13(8)12(16-3)9-5-7-17-11(9)10/h4-7,15H,1-3H3. The number of ether oxygens (including phenoxy) is 1. The van der Waals surface area contributed by atoms with E-state index in [4.69, 9.17) is 13.6 Å². The third-order valence-corrected chi connectivity index (χ3v) is 3.09. The first-order valence-electron chi connectivity index (χ1n) is 5.71. The highest BCUT2D eigenvalue weighted by molar-refractivity contribution is 6.04. The minimum atomic E-state index is -1.02. The molecule has 0 fully saturated rings. The fourth-order valence-corrected chi connectivity index (χ4v) is 2.42. The Labute approximate surface area is 104 Å². The summed E-state index contributed by atoms with van der Waals surface area (Å²) < 4.78 is 16.4. The minimum absolute atomic E-state index is 0.628. The number of fused-ring (bicyclic) bond motifs is 2. The summed E-state index contributed by atoms with van der Waals surface area (Å²) in [6.45, 7) is 3.45. The van der Waals surface area contributed by atoms with E-state index in [0.717, 1.165) is 10.8 Å². The summed E-state index contributed by atoms with van der Waals surface area (Å²) in [5.41, 5.74) is 0.952. The lowest BCUT2D eigenvalue weighted by molar-refractivity contribution is 0.0807. The molecule has 2 aromatic heterocycles. The summed E-state index contributed by atoms with van der Waals surface area (Å²) in [7, 11) is 1.59. The molecule has 0 saturated heterocycles. The highest BCUT2D eigenvalue weighted by Crippen LogP contribution is 2.43. The lowest BCUT2D eigenvalue weighted by Crippen LogP contribution is -2.16. The van der Waals surface area contributed by atoms with Gasteiger partial charge in [-0.25, -0.2) is 0 Å². The van der Waals surface area contributed by atoms with E-state index in [9.17, 15) is 5.11 Å². The van der Waals surface area contributed by atoms with Crippen LogP contribution in [0.2, 0.25) is 0 Å². The Hall–Kier alpha value is -1.94. The van der Waals surface area contributed by atoms with Gasteiger partial charge in [0.2, 0.25) is 0 Å². The van der Waals surface area contributed by atoms with Gasteiger partial charge in [-0.1, -0.05) is 0 Å². The van der Waals surface area contributed by atoms with Gasteiger partial charge < -0.3 is 18.7 Å². The number of hydrogen-bond donors (Lipinski definition) is 1. The summed E-state index contributed by atoms with van der Waals surface area (Å²) in [6, 6.07) is 3.62. The van der Waals surface area contributed by atoms with E-state index >= 15 is 0 Å². The highest BCUT2D eigenvalue weighted by Gasteiger charge is 2.28. The maximum Gasteiger partial charge on any atom is 0.176 e. The number of benzene rings is 1. The SMILES string of the molecule is COc1c2ccoc2c(C(C)(C)O)c2ccoc12. The number of hydrogen-bond acceptors (Lipinski definition) is 4. The third kappa shape index (κ3) is 1.36. The Kier molecular flexibility index (Phi) is 2.19. The van der Waals surface area contributed by atoms with Crippen molar-refractivity contribution in [1.82, 2.24) is 0 Å². The molecule has 1 aromatic carbocycles. The van der Waals surface area contributed by atoms with Gasteiger partial charge in [-0.2, -0.15) is 0 Å². The quantitative estimate of drug-likeness (QED) is 0.752. The first kappa shape index (κ1) is 11.2. The van der Waals surface area contributed by atoms with E-state index in [0.29, 0.717) is 22.5 Å². The Balaban J connectivity index is 2.59. The Morgan fingerprint density at radius 2 is 1.67 bits per heavy atom. The smallest absolute Gasteiger partial charge is 0.176 e. The van der Waals surface area contributed by atoms with Crippen molar-refractivity contribution < 1.29 is 18.7 Å². The molecule has 0 aliphatic heterocycles. The Bertz CT molecular complexity index is 661. The minimum Gasteiger partial charge on any atom is -0.492 e. The van der Waals surface area contributed by atoms with Crippen molar-refractivity contribution in [2.45, 2.75) is 19.4 Å². The van der Waals surface area contributed by atoms with E-state index in [1.54, 1.807) is 33.5 Å². The predicted molar refractivity (Wildman–Crippen MR) is 67.8 cm³/mol. The molecule has 3 rings (SSSR count). The summed E-state index contributed by atoms with van der Waals surface area (Å²) in [5, 5.41) is 12.0. The first-order chi connectivity index (χ1) is 8.54. The van der Waals surface area contributed by atoms with Crippen LogP contribution in [0, 0.1) is 0 Å². The molecule has 0 unspecified atom stereocenters. The van der Waals surface area contributed by atoms with E-state index in [1.807, 2.05) is 12.1 Å². The van der Waals surface area contributed by atoms with Crippen LogP contribution in [0.4, 0.5) is 0 Å². The Morgan fingerprint density at radius 3 is 2.28 bits per heavy atom. The summed E-state index contributed by atoms with van der Waals surface area (Å²) >= 11 is 0. The third-order valence-electron chi connectivity index (χ3n) is 3.09. The van der Waals surface area contributed by atoms with Gasteiger partial charge in [0.1, 0.15) is 5.58 Å². The summed E-state index contributed by atoms with van der Waals surface area (Å²) in [4.78, 5) is 0. The molecule has 2 heterocycles. The average Bonchev–Trinajstić information content (AvgIpc) is 2.90. The van der Waals surface area contributed by atoms with Gasteiger partial charge in [0.05, 0.1) is 30.6 Å². The van der Waals surface area contributed by atoms with Crippen molar-refractivity contribution in [3.63, 3.8) is 0 Å². The van der Waals surface area contributed by atoms with Crippen LogP contribution in [-0.4, -0.2) is 12.2 Å². The van der Waals surface area contributed by atoms with E-state index in [-0.39, 0.29) is 0 Å². The molecule has 0 aliphatic rings. The van der Waals surface area contributed by atoms with Gasteiger partial charge in [0, 0.05) is 10.9 Å². The fourth-order valence-electron chi connectivity index (χ4n) is 2.42. The first-order valence-corrected chi connectivity index (χ1v) is 5.71. The number of rotatable bonds is 2. The predicted octanol–water partition coefficient (Wildman–Crippen LogP) is 3.42. The van der Waals surface area contributed by atoms with Crippen LogP contribution in [0.15, 0.2) is 33.5 Å². The van der Waals surface area contributed by atoms with Crippen LogP contribution in [0.25, 0.3) is 21.9 Å². The van der Waals surface area contributed by atoms with Crippen LogP contribution in [0.1, 0.15) is 19.4 Å². The lowest BCUT2D eigenvalue weighted by atomic mass is 9.93. The van der Waals surface area contributed by atoms with E-state index in [1.165, 1.54) is 0 Å². The van der Waals surface area contributed by atoms with Crippen LogP contribution in [0.5, 0.6) is 5.75 Å². The van der Waals surface area contributed by atoms with E-state index in [2.05, 4.69) is 0 Å². The molecule has 0 bridgehead atoms. The van der Waals surface area contributed by atoms with Gasteiger partial charge in [-0.15, -0.1) is 0 Å². The highest BCUT2D eigenvalue weighted by atomic mass is 16.5. The largest absolute Gasteiger partial charge is 0.492 e. The van der Waals surface area contributed by atoms with E-state index < -0.39 is 5.60 Å². The molecule has 18 heavy (non-hydrogen) atoms. The molecule has 1 N–H and O–H groups in total. The van der Waals surface area contributed by atoms with Crippen LogP contribution in [0.3, 0.4) is 0 Å². The second-order valence-electron chi connectivity index (χ2n) is 4.79. The molecule has 0 radical (unpaired) electrons. The van der Waals surface area contributed by atoms with Crippen molar-refractivity contribution in [2.24, 2.45) is 0 Å². The zero-order valence-electron chi connectivity index (χ0n) is 10.5. The second kappa shape index (κ2) is 3.53. The van der Waals surface area contributed by atoms with Crippen LogP contribution >= 0.6 is 0 Å². The molecule has 94 valence electrons. The van der Waals surface area contributed by atoms with Crippen LogP contribution in [-0.2, 0) is 5.60 Å². The molecule has 3 aromatic rings. The summed E-state index contributed by atoms with van der Waals surface area (Å²) in [6.07, 6.45) is 3.17. The molecule has 0 aliphatic carbocycles. The van der Waals surface area contributed by atoms with Crippen molar-refractivity contribution >= 4 is 21.9 Å². The molecule has 4 nitrogen and oxygen atoms in total. The van der Waals surface area contributed by atoms with Crippen molar-refractivity contribution in [3.8, 4) is 5.75 Å². The topological polar surface area (TPSA) is 55.7 Å². The van der Waals surface area contributed by atoms with Crippen molar-refractivity contribution in [2.75, 3.05) is 7.11 Å². The maximum absolute atomic E-state index is 10.3. The summed E-state index contributed by atoms with van der Waals surface area (Å²) in [5.74, 6) is 0.631. The van der Waals surface area contributed by atoms with Gasteiger partial charge in [-0.05, 0) is 26.0 Å². The molecule has 0 atom stereocenters. The number of methoxy groups -OCH3 is 1. The van der Waals surface area contributed by atoms with Gasteiger partial charge in [0.25, 0.3) is 0 Å². The molecular weight excluding hydrogens is 232 g/mol. The fraction of sp³-hybridized carbons (Fsp3) is 0.286. The average molecular weight is 246 g/mol. The zero-order chi connectivity index (χ0) is 12.9. The maximum atomic E-state index is 10.3. The molecule has 0 amide bonds. The number of aliphatic hydroxyl groups is 1. The Morgan fingerprint density at radius 1 is 1.06 bits per heavy atom. The number of furan rings is 2. The molecule has 0 spiro atoms.